The Morgan fingerprint density at radius 2 is 2.10 bits per heavy atom. The molecule has 0 unspecified atom stereocenters. The van der Waals surface area contributed by atoms with Gasteiger partial charge in [0.1, 0.15) is 5.82 Å². The molecule has 0 aliphatic heterocycles. The number of rotatable bonds is 7. The predicted molar refractivity (Wildman–Crippen MR) is 77.4 cm³/mol. The molecule has 0 aromatic carbocycles. The monoisotopic (exact) mass is 272 g/mol. The van der Waals surface area contributed by atoms with Crippen molar-refractivity contribution in [2.75, 3.05) is 20.3 Å². The van der Waals surface area contributed by atoms with E-state index in [1.54, 1.807) is 13.3 Å². The number of pyridine rings is 1. The van der Waals surface area contributed by atoms with E-state index < -0.39 is 0 Å². The van der Waals surface area contributed by atoms with Crippen molar-refractivity contribution >= 4 is 0 Å². The molecule has 2 heterocycles. The van der Waals surface area contributed by atoms with Gasteiger partial charge in [-0.05, 0) is 25.1 Å². The summed E-state index contributed by atoms with van der Waals surface area (Å²) in [6.07, 6.45) is 2.45. The van der Waals surface area contributed by atoms with Gasteiger partial charge in [-0.15, -0.1) is 0 Å². The summed E-state index contributed by atoms with van der Waals surface area (Å²) < 4.78 is 5.00. The van der Waals surface area contributed by atoms with Gasteiger partial charge in [-0.1, -0.05) is 6.07 Å². The summed E-state index contributed by atoms with van der Waals surface area (Å²) in [6.45, 7) is 4.23. The van der Waals surface area contributed by atoms with Gasteiger partial charge in [-0.2, -0.15) is 0 Å². The molecular formula is C15H20N4O. The Labute approximate surface area is 119 Å². The fourth-order valence-corrected chi connectivity index (χ4v) is 1.93. The topological polar surface area (TPSA) is 59.9 Å². The van der Waals surface area contributed by atoms with Crippen molar-refractivity contribution in [1.29, 1.82) is 0 Å². The Balaban J connectivity index is 2.01. The highest BCUT2D eigenvalue weighted by Crippen LogP contribution is 2.05. The number of nitrogens with one attached hydrogen (secondary N) is 1. The highest BCUT2D eigenvalue weighted by molar-refractivity contribution is 5.15. The van der Waals surface area contributed by atoms with Crippen LogP contribution in [0.3, 0.4) is 0 Å². The molecule has 0 aliphatic carbocycles. The highest BCUT2D eigenvalue weighted by Gasteiger charge is 2.04. The Morgan fingerprint density at radius 1 is 1.20 bits per heavy atom. The third-order valence-corrected chi connectivity index (χ3v) is 2.81. The van der Waals surface area contributed by atoms with Crippen LogP contribution in [0.25, 0.3) is 0 Å². The second-order valence-electron chi connectivity index (χ2n) is 4.58. The maximum Gasteiger partial charge on any atom is 0.134 e. The van der Waals surface area contributed by atoms with Crippen LogP contribution in [-0.4, -0.2) is 35.2 Å². The third-order valence-electron chi connectivity index (χ3n) is 2.81. The largest absolute Gasteiger partial charge is 0.383 e. The summed E-state index contributed by atoms with van der Waals surface area (Å²) in [6, 6.07) is 7.88. The molecule has 1 N–H and O–H groups in total. The first-order chi connectivity index (χ1) is 9.78. The zero-order valence-electron chi connectivity index (χ0n) is 12.0. The first-order valence-electron chi connectivity index (χ1n) is 6.71. The molecule has 0 atom stereocenters. The van der Waals surface area contributed by atoms with Crippen molar-refractivity contribution in [1.82, 2.24) is 20.3 Å². The quantitative estimate of drug-likeness (QED) is 0.774. The minimum Gasteiger partial charge on any atom is -0.383 e. The minimum absolute atomic E-state index is 0.660. The molecule has 106 valence electrons. The van der Waals surface area contributed by atoms with Gasteiger partial charge < -0.3 is 10.1 Å². The standard InChI is InChI=1S/C15H20N4O/c1-12-9-14(11-16-7-8-20-2)19-15(18-12)10-13-5-3-4-6-17-13/h3-6,9,16H,7-8,10-11H2,1-2H3. The summed E-state index contributed by atoms with van der Waals surface area (Å²) >= 11 is 0. The number of ether oxygens (including phenoxy) is 1. The van der Waals surface area contributed by atoms with Crippen LogP contribution in [0.2, 0.25) is 0 Å². The smallest absolute Gasteiger partial charge is 0.134 e. The van der Waals surface area contributed by atoms with Crippen molar-refractivity contribution in [2.24, 2.45) is 0 Å². The van der Waals surface area contributed by atoms with Crippen molar-refractivity contribution in [3.8, 4) is 0 Å². The van der Waals surface area contributed by atoms with E-state index in [-0.39, 0.29) is 0 Å². The molecule has 0 spiro atoms. The van der Waals surface area contributed by atoms with Gasteiger partial charge in [0.2, 0.25) is 0 Å². The summed E-state index contributed by atoms with van der Waals surface area (Å²) in [5.41, 5.74) is 2.96. The van der Waals surface area contributed by atoms with E-state index in [2.05, 4.69) is 20.3 Å². The Morgan fingerprint density at radius 3 is 2.85 bits per heavy atom. The van der Waals surface area contributed by atoms with E-state index in [1.807, 2.05) is 31.2 Å². The zero-order valence-corrected chi connectivity index (χ0v) is 12.0. The molecule has 2 aromatic heterocycles. The van der Waals surface area contributed by atoms with E-state index in [1.165, 1.54) is 0 Å². The third kappa shape index (κ3) is 4.68. The van der Waals surface area contributed by atoms with Crippen molar-refractivity contribution < 1.29 is 4.74 Å². The highest BCUT2D eigenvalue weighted by atomic mass is 16.5. The average molecular weight is 272 g/mol. The van der Waals surface area contributed by atoms with Crippen molar-refractivity contribution in [2.45, 2.75) is 19.9 Å². The van der Waals surface area contributed by atoms with E-state index >= 15 is 0 Å². The molecule has 0 amide bonds. The summed E-state index contributed by atoms with van der Waals surface area (Å²) in [4.78, 5) is 13.3. The lowest BCUT2D eigenvalue weighted by molar-refractivity contribution is 0.199. The summed E-state index contributed by atoms with van der Waals surface area (Å²) in [5.74, 6) is 0.812. The van der Waals surface area contributed by atoms with Gasteiger partial charge in [0, 0.05) is 37.8 Å². The van der Waals surface area contributed by atoms with Gasteiger partial charge in [0.25, 0.3) is 0 Å². The van der Waals surface area contributed by atoms with Crippen LogP contribution in [0, 0.1) is 6.92 Å². The van der Waals surface area contributed by atoms with E-state index in [9.17, 15) is 0 Å². The summed E-state index contributed by atoms with van der Waals surface area (Å²) in [7, 11) is 1.70. The zero-order chi connectivity index (χ0) is 14.2. The van der Waals surface area contributed by atoms with Crippen LogP contribution in [0.4, 0.5) is 0 Å². The minimum atomic E-state index is 0.660. The van der Waals surface area contributed by atoms with E-state index in [0.29, 0.717) is 13.0 Å². The molecule has 20 heavy (non-hydrogen) atoms. The molecule has 5 heteroatoms. The lowest BCUT2D eigenvalue weighted by Gasteiger charge is -2.07. The van der Waals surface area contributed by atoms with Gasteiger partial charge in [-0.3, -0.25) is 4.98 Å². The lowest BCUT2D eigenvalue weighted by atomic mass is 10.2. The SMILES string of the molecule is COCCNCc1cc(C)nc(Cc2ccccn2)n1. The molecule has 0 saturated heterocycles. The Hall–Kier alpha value is -1.85. The van der Waals surface area contributed by atoms with E-state index in [4.69, 9.17) is 4.74 Å². The number of methoxy groups -OCH3 is 1. The maximum absolute atomic E-state index is 5.00. The number of nitrogens with zero attached hydrogens (tertiary/aromatic N) is 3. The Bertz CT molecular complexity index is 531. The van der Waals surface area contributed by atoms with Gasteiger partial charge in [0.15, 0.2) is 0 Å². The molecule has 0 fully saturated rings. The fourth-order valence-electron chi connectivity index (χ4n) is 1.93. The second-order valence-corrected chi connectivity index (χ2v) is 4.58. The number of hydrogen-bond donors (Lipinski definition) is 1. The van der Waals surface area contributed by atoms with Crippen LogP contribution < -0.4 is 5.32 Å². The first kappa shape index (κ1) is 14.6. The number of hydrogen-bond acceptors (Lipinski definition) is 5. The lowest BCUT2D eigenvalue weighted by Crippen LogP contribution is -2.20. The number of aromatic nitrogens is 3. The van der Waals surface area contributed by atoms with Gasteiger partial charge in [-0.25, -0.2) is 9.97 Å². The molecule has 2 rings (SSSR count). The van der Waals surface area contributed by atoms with Crippen molar-refractivity contribution in [3.63, 3.8) is 0 Å². The predicted octanol–water partition coefficient (Wildman–Crippen LogP) is 1.51. The van der Waals surface area contributed by atoms with Gasteiger partial charge >= 0.3 is 0 Å². The normalized spacial score (nSPS) is 10.7. The molecule has 0 radical (unpaired) electrons. The van der Waals surface area contributed by atoms with Crippen molar-refractivity contribution in [3.05, 3.63) is 53.4 Å². The van der Waals surface area contributed by atoms with E-state index in [0.717, 1.165) is 36.0 Å². The molecule has 0 bridgehead atoms. The maximum atomic E-state index is 5.00. The molecule has 5 nitrogen and oxygen atoms in total. The van der Waals surface area contributed by atoms with Crippen LogP contribution in [0.5, 0.6) is 0 Å². The molecular weight excluding hydrogens is 252 g/mol. The van der Waals surface area contributed by atoms with Crippen LogP contribution in [-0.2, 0) is 17.7 Å². The van der Waals surface area contributed by atoms with Gasteiger partial charge in [0.05, 0.1) is 18.7 Å². The summed E-state index contributed by atoms with van der Waals surface area (Å²) in [5, 5.41) is 3.29. The Kier molecular flexibility index (Phi) is 5.58. The molecule has 0 saturated carbocycles. The van der Waals surface area contributed by atoms with Crippen LogP contribution in [0.1, 0.15) is 22.9 Å². The number of aryl methyl sites for hydroxylation is 1. The molecule has 0 aliphatic rings. The van der Waals surface area contributed by atoms with Crippen LogP contribution in [0.15, 0.2) is 30.5 Å². The second kappa shape index (κ2) is 7.67. The van der Waals surface area contributed by atoms with Crippen LogP contribution >= 0.6 is 0 Å². The first-order valence-corrected chi connectivity index (χ1v) is 6.71. The molecule has 2 aromatic rings. The average Bonchev–Trinajstić information content (AvgIpc) is 2.44. The fraction of sp³-hybridized carbons (Fsp3) is 0.400.